The van der Waals surface area contributed by atoms with Crippen molar-refractivity contribution in [2.24, 2.45) is 7.05 Å². The Labute approximate surface area is 171 Å². The second kappa shape index (κ2) is 9.20. The first kappa shape index (κ1) is 20.3. The number of benzene rings is 2. The summed E-state index contributed by atoms with van der Waals surface area (Å²) in [4.78, 5) is 22.7. The van der Waals surface area contributed by atoms with E-state index >= 15 is 0 Å². The molecule has 1 N–H and O–H groups in total. The molecular weight excluding hydrogens is 394 g/mol. The highest BCUT2D eigenvalue weighted by molar-refractivity contribution is 7.99. The van der Waals surface area contributed by atoms with Crippen LogP contribution in [-0.2, 0) is 11.8 Å². The summed E-state index contributed by atoms with van der Waals surface area (Å²) in [5, 5.41) is 22.4. The van der Waals surface area contributed by atoms with Gasteiger partial charge in [0.05, 0.1) is 10.7 Å². The molecule has 0 radical (unpaired) electrons. The molecule has 0 bridgehead atoms. The fourth-order valence-corrected chi connectivity index (χ4v) is 3.33. The molecule has 3 rings (SSSR count). The van der Waals surface area contributed by atoms with Crippen LogP contribution in [0.5, 0.6) is 5.75 Å². The molecule has 0 fully saturated rings. The van der Waals surface area contributed by atoms with Gasteiger partial charge in [0.2, 0.25) is 5.91 Å². The number of nitrogens with one attached hydrogen (secondary N) is 1. The van der Waals surface area contributed by atoms with Gasteiger partial charge in [0.1, 0.15) is 11.4 Å². The van der Waals surface area contributed by atoms with Crippen LogP contribution >= 0.6 is 11.8 Å². The first-order valence-corrected chi connectivity index (χ1v) is 9.71. The molecule has 0 saturated carbocycles. The third-order valence-corrected chi connectivity index (χ3v) is 5.02. The van der Waals surface area contributed by atoms with Crippen molar-refractivity contribution in [3.05, 3.63) is 70.5 Å². The smallest absolute Gasteiger partial charge is 0.292 e. The molecule has 0 aliphatic rings. The first-order valence-electron chi connectivity index (χ1n) is 8.72. The van der Waals surface area contributed by atoms with E-state index in [1.807, 2.05) is 37.3 Å². The lowest BCUT2D eigenvalue weighted by atomic mass is 10.2. The number of carbonyl (C=O) groups is 1. The maximum absolute atomic E-state index is 12.2. The van der Waals surface area contributed by atoms with Gasteiger partial charge in [-0.25, -0.2) is 0 Å². The van der Waals surface area contributed by atoms with E-state index in [-0.39, 0.29) is 29.1 Å². The summed E-state index contributed by atoms with van der Waals surface area (Å²) >= 11 is 1.19. The third kappa shape index (κ3) is 5.11. The zero-order valence-electron chi connectivity index (χ0n) is 15.8. The normalized spacial score (nSPS) is 11.7. The number of nitrogens with zero attached hydrogens (tertiary/aromatic N) is 4. The standard InChI is InChI=1S/C19H19N5O4S/c1-13(28-14-8-4-3-5-9-14)18-21-22-19(23(18)2)29-12-17(25)20-15-10-6-7-11-16(15)24(26)27/h3-11,13H,12H2,1-2H3,(H,20,25). The molecule has 1 heterocycles. The molecule has 1 unspecified atom stereocenters. The van der Waals surface area contributed by atoms with Gasteiger partial charge in [-0.3, -0.25) is 14.9 Å². The first-order chi connectivity index (χ1) is 14.0. The predicted molar refractivity (Wildman–Crippen MR) is 109 cm³/mol. The van der Waals surface area contributed by atoms with Crippen molar-refractivity contribution in [1.82, 2.24) is 14.8 Å². The lowest BCUT2D eigenvalue weighted by molar-refractivity contribution is -0.383. The average Bonchev–Trinajstić information content (AvgIpc) is 3.08. The SMILES string of the molecule is CC(Oc1ccccc1)c1nnc(SCC(=O)Nc2ccccc2[N+](=O)[O-])n1C. The summed E-state index contributed by atoms with van der Waals surface area (Å²) in [5.41, 5.74) is 0.00492. The predicted octanol–water partition coefficient (Wildman–Crippen LogP) is 3.59. The summed E-state index contributed by atoms with van der Waals surface area (Å²) in [6.07, 6.45) is -0.329. The minimum atomic E-state index is -0.536. The van der Waals surface area contributed by atoms with Crippen LogP contribution in [0.15, 0.2) is 59.8 Å². The molecule has 150 valence electrons. The number of ether oxygens (including phenoxy) is 1. The molecule has 0 aliphatic heterocycles. The van der Waals surface area contributed by atoms with Crippen LogP contribution in [0.4, 0.5) is 11.4 Å². The molecule has 3 aromatic rings. The molecule has 1 atom stereocenters. The van der Waals surface area contributed by atoms with Crippen LogP contribution in [0.2, 0.25) is 0 Å². The molecule has 0 aliphatic carbocycles. The number of aromatic nitrogens is 3. The number of anilines is 1. The van der Waals surface area contributed by atoms with Crippen LogP contribution in [0.1, 0.15) is 18.9 Å². The van der Waals surface area contributed by atoms with Crippen LogP contribution in [0.3, 0.4) is 0 Å². The van der Waals surface area contributed by atoms with Crippen LogP contribution in [0.25, 0.3) is 0 Å². The van der Waals surface area contributed by atoms with Gasteiger partial charge in [0, 0.05) is 13.1 Å². The van der Waals surface area contributed by atoms with Gasteiger partial charge in [-0.2, -0.15) is 0 Å². The molecule has 1 amide bonds. The maximum Gasteiger partial charge on any atom is 0.292 e. The van der Waals surface area contributed by atoms with Crippen molar-refractivity contribution in [3.8, 4) is 5.75 Å². The molecular formula is C19H19N5O4S. The number of para-hydroxylation sites is 3. The van der Waals surface area contributed by atoms with Crippen molar-refractivity contribution in [2.75, 3.05) is 11.1 Å². The maximum atomic E-state index is 12.2. The van der Waals surface area contributed by atoms with Gasteiger partial charge in [-0.15, -0.1) is 10.2 Å². The molecule has 10 heteroatoms. The average molecular weight is 413 g/mol. The van der Waals surface area contributed by atoms with Gasteiger partial charge in [0.15, 0.2) is 17.1 Å². The highest BCUT2D eigenvalue weighted by Crippen LogP contribution is 2.25. The fraction of sp³-hybridized carbons (Fsp3) is 0.211. The minimum absolute atomic E-state index is 0.0337. The van der Waals surface area contributed by atoms with Crippen LogP contribution < -0.4 is 10.1 Å². The molecule has 0 saturated heterocycles. The zero-order valence-corrected chi connectivity index (χ0v) is 16.6. The largest absolute Gasteiger partial charge is 0.483 e. The van der Waals surface area contributed by atoms with E-state index < -0.39 is 4.92 Å². The van der Waals surface area contributed by atoms with Crippen molar-refractivity contribution < 1.29 is 14.5 Å². The molecule has 0 spiro atoms. The number of nitro benzene ring substituents is 1. The Bertz CT molecular complexity index is 1010. The number of thioether (sulfide) groups is 1. The second-order valence-electron chi connectivity index (χ2n) is 6.08. The lowest BCUT2D eigenvalue weighted by Crippen LogP contribution is -2.15. The Balaban J connectivity index is 1.60. The van der Waals surface area contributed by atoms with E-state index in [9.17, 15) is 14.9 Å². The summed E-state index contributed by atoms with van der Waals surface area (Å²) in [7, 11) is 1.79. The quantitative estimate of drug-likeness (QED) is 0.341. The third-order valence-electron chi connectivity index (χ3n) is 4.00. The molecule has 1 aromatic heterocycles. The van der Waals surface area contributed by atoms with Gasteiger partial charge in [0.25, 0.3) is 5.69 Å². The van der Waals surface area contributed by atoms with E-state index in [4.69, 9.17) is 4.74 Å². The van der Waals surface area contributed by atoms with E-state index in [1.54, 1.807) is 23.7 Å². The monoisotopic (exact) mass is 413 g/mol. The Morgan fingerprint density at radius 2 is 1.90 bits per heavy atom. The Morgan fingerprint density at radius 1 is 1.21 bits per heavy atom. The van der Waals surface area contributed by atoms with Gasteiger partial charge in [-0.05, 0) is 25.1 Å². The van der Waals surface area contributed by atoms with E-state index in [2.05, 4.69) is 15.5 Å². The van der Waals surface area contributed by atoms with Crippen LogP contribution in [-0.4, -0.2) is 31.3 Å². The highest BCUT2D eigenvalue weighted by Gasteiger charge is 2.19. The van der Waals surface area contributed by atoms with Gasteiger partial charge in [-0.1, -0.05) is 42.1 Å². The number of amides is 1. The molecule has 29 heavy (non-hydrogen) atoms. The van der Waals surface area contributed by atoms with Crippen molar-refractivity contribution in [2.45, 2.75) is 18.2 Å². The summed E-state index contributed by atoms with van der Waals surface area (Å²) < 4.78 is 7.62. The summed E-state index contributed by atoms with van der Waals surface area (Å²) in [5.74, 6) is 1.00. The van der Waals surface area contributed by atoms with Crippen molar-refractivity contribution in [1.29, 1.82) is 0 Å². The highest BCUT2D eigenvalue weighted by atomic mass is 32.2. The van der Waals surface area contributed by atoms with E-state index in [0.717, 1.165) is 5.75 Å². The van der Waals surface area contributed by atoms with E-state index in [0.29, 0.717) is 11.0 Å². The fourth-order valence-electron chi connectivity index (χ4n) is 2.62. The zero-order chi connectivity index (χ0) is 20.8. The minimum Gasteiger partial charge on any atom is -0.483 e. The van der Waals surface area contributed by atoms with Gasteiger partial charge >= 0.3 is 0 Å². The topological polar surface area (TPSA) is 112 Å². The number of nitro groups is 1. The number of rotatable bonds is 8. The Morgan fingerprint density at radius 3 is 2.62 bits per heavy atom. The summed E-state index contributed by atoms with van der Waals surface area (Å²) in [6.45, 7) is 1.87. The Kier molecular flexibility index (Phi) is 6.45. The van der Waals surface area contributed by atoms with Crippen molar-refractivity contribution in [3.63, 3.8) is 0 Å². The molecule has 2 aromatic carbocycles. The Hall–Kier alpha value is -3.40. The van der Waals surface area contributed by atoms with Crippen molar-refractivity contribution >= 4 is 29.0 Å². The number of hydrogen-bond acceptors (Lipinski definition) is 7. The van der Waals surface area contributed by atoms with Crippen LogP contribution in [0, 0.1) is 10.1 Å². The molecule has 9 nitrogen and oxygen atoms in total. The number of carbonyl (C=O) groups excluding carboxylic acids is 1. The van der Waals surface area contributed by atoms with Gasteiger partial charge < -0.3 is 14.6 Å². The lowest BCUT2D eigenvalue weighted by Gasteiger charge is -2.14. The summed E-state index contributed by atoms with van der Waals surface area (Å²) in [6, 6.07) is 15.4. The number of hydrogen-bond donors (Lipinski definition) is 1. The second-order valence-corrected chi connectivity index (χ2v) is 7.03. The van der Waals surface area contributed by atoms with E-state index in [1.165, 1.54) is 23.9 Å².